The lowest BCUT2D eigenvalue weighted by Crippen LogP contribution is -2.16. The van der Waals surface area contributed by atoms with E-state index in [2.05, 4.69) is 15.5 Å². The molecule has 0 spiro atoms. The first-order chi connectivity index (χ1) is 13.6. The highest BCUT2D eigenvalue weighted by atomic mass is 16.5. The fourth-order valence-electron chi connectivity index (χ4n) is 2.51. The average Bonchev–Trinajstić information content (AvgIpc) is 2.73. The predicted molar refractivity (Wildman–Crippen MR) is 105 cm³/mol. The van der Waals surface area contributed by atoms with E-state index in [0.717, 1.165) is 0 Å². The number of nitrogens with zero attached hydrogens (tertiary/aromatic N) is 2. The predicted octanol–water partition coefficient (Wildman–Crippen LogP) is 5.06. The molecule has 0 aliphatic carbocycles. The zero-order valence-electron chi connectivity index (χ0n) is 15.0. The highest BCUT2D eigenvalue weighted by molar-refractivity contribution is 6.11. The van der Waals surface area contributed by atoms with Crippen LogP contribution in [0, 0.1) is 0 Å². The Morgan fingerprint density at radius 1 is 0.857 bits per heavy atom. The van der Waals surface area contributed by atoms with Crippen molar-refractivity contribution in [1.82, 2.24) is 0 Å². The molecule has 0 fully saturated rings. The van der Waals surface area contributed by atoms with Crippen LogP contribution >= 0.6 is 0 Å². The van der Waals surface area contributed by atoms with Crippen LogP contribution in [-0.4, -0.2) is 24.1 Å². The third-order valence-corrected chi connectivity index (χ3v) is 3.87. The fraction of sp³-hybridized carbons (Fsp3) is 0.0476. The molecule has 0 heterocycles. The fourth-order valence-corrected chi connectivity index (χ4v) is 2.51. The van der Waals surface area contributed by atoms with Crippen LogP contribution in [0.15, 0.2) is 83.0 Å². The number of hydrogen-bond donors (Lipinski definition) is 2. The van der Waals surface area contributed by atoms with Crippen LogP contribution < -0.4 is 10.1 Å². The Balaban J connectivity index is 1.82. The van der Waals surface area contributed by atoms with Gasteiger partial charge in [0, 0.05) is 6.07 Å². The van der Waals surface area contributed by atoms with E-state index in [0.29, 0.717) is 22.8 Å². The summed E-state index contributed by atoms with van der Waals surface area (Å²) < 4.78 is 5.32. The number of anilines is 1. The third-order valence-electron chi connectivity index (χ3n) is 3.87. The Kier molecular flexibility index (Phi) is 5.76. The molecule has 28 heavy (non-hydrogen) atoms. The molecule has 0 atom stereocenters. The number of amides is 1. The number of azo groups is 1. The maximum Gasteiger partial charge on any atom is 0.336 e. The van der Waals surface area contributed by atoms with Crippen molar-refractivity contribution in [2.45, 2.75) is 0 Å². The van der Waals surface area contributed by atoms with Gasteiger partial charge in [-0.15, -0.1) is 0 Å². The first-order valence-corrected chi connectivity index (χ1v) is 8.37. The molecule has 0 saturated carbocycles. The number of hydrogen-bond acceptors (Lipinski definition) is 5. The molecule has 0 aliphatic heterocycles. The van der Waals surface area contributed by atoms with Crippen molar-refractivity contribution >= 4 is 28.9 Å². The van der Waals surface area contributed by atoms with Crippen LogP contribution in [-0.2, 0) is 0 Å². The second-order valence-electron chi connectivity index (χ2n) is 5.72. The number of benzene rings is 3. The van der Waals surface area contributed by atoms with Gasteiger partial charge in [0.15, 0.2) is 0 Å². The number of carbonyl (C=O) groups excluding carboxylic acids is 1. The largest absolute Gasteiger partial charge is 0.494 e. The maximum atomic E-state index is 12.5. The first kappa shape index (κ1) is 18.8. The van der Waals surface area contributed by atoms with E-state index < -0.39 is 11.9 Å². The van der Waals surface area contributed by atoms with Gasteiger partial charge in [0.25, 0.3) is 5.91 Å². The molecule has 1 amide bonds. The van der Waals surface area contributed by atoms with Crippen LogP contribution in [0.3, 0.4) is 0 Å². The standard InChI is InChI=1S/C21H17N3O4/c1-28-19-13-15(24-23-14-7-3-2-4-8-14)11-12-18(19)22-20(25)16-9-5-6-10-17(16)21(26)27/h2-13H,1H3,(H,22,25)(H,26,27). The van der Waals surface area contributed by atoms with Gasteiger partial charge in [0.1, 0.15) is 5.75 Å². The van der Waals surface area contributed by atoms with Crippen LogP contribution in [0.25, 0.3) is 0 Å². The van der Waals surface area contributed by atoms with E-state index >= 15 is 0 Å². The summed E-state index contributed by atoms with van der Waals surface area (Å²) in [6, 6.07) is 20.2. The average molecular weight is 375 g/mol. The van der Waals surface area contributed by atoms with E-state index in [1.165, 1.54) is 19.2 Å². The minimum absolute atomic E-state index is 0.0601. The second kappa shape index (κ2) is 8.59. The summed E-state index contributed by atoms with van der Waals surface area (Å²) in [6.07, 6.45) is 0. The number of nitrogens with one attached hydrogen (secondary N) is 1. The SMILES string of the molecule is COc1cc(N=Nc2ccccc2)ccc1NC(=O)c1ccccc1C(=O)O. The van der Waals surface area contributed by atoms with Crippen LogP contribution in [0.1, 0.15) is 20.7 Å². The minimum atomic E-state index is -1.17. The van der Waals surface area contributed by atoms with Crippen molar-refractivity contribution in [3.05, 3.63) is 83.9 Å². The molecular formula is C21H17N3O4. The van der Waals surface area contributed by atoms with Crippen molar-refractivity contribution in [2.24, 2.45) is 10.2 Å². The Morgan fingerprint density at radius 3 is 2.18 bits per heavy atom. The molecular weight excluding hydrogens is 358 g/mol. The molecule has 0 radical (unpaired) electrons. The highest BCUT2D eigenvalue weighted by Crippen LogP contribution is 2.31. The molecule has 0 bridgehead atoms. The summed E-state index contributed by atoms with van der Waals surface area (Å²) in [4.78, 5) is 23.8. The molecule has 0 unspecified atom stereocenters. The molecule has 140 valence electrons. The summed E-state index contributed by atoms with van der Waals surface area (Å²) in [5.74, 6) is -1.34. The van der Waals surface area contributed by atoms with Gasteiger partial charge < -0.3 is 15.2 Å². The smallest absolute Gasteiger partial charge is 0.336 e. The van der Waals surface area contributed by atoms with E-state index in [-0.39, 0.29) is 11.1 Å². The van der Waals surface area contributed by atoms with Crippen molar-refractivity contribution in [1.29, 1.82) is 0 Å². The molecule has 3 aromatic rings. The highest BCUT2D eigenvalue weighted by Gasteiger charge is 2.17. The van der Waals surface area contributed by atoms with E-state index in [1.807, 2.05) is 30.3 Å². The molecule has 2 N–H and O–H groups in total. The molecule has 3 rings (SSSR count). The van der Waals surface area contributed by atoms with Gasteiger partial charge in [-0.25, -0.2) is 4.79 Å². The molecule has 0 aromatic heterocycles. The third kappa shape index (κ3) is 4.39. The molecule has 0 aliphatic rings. The van der Waals surface area contributed by atoms with E-state index in [4.69, 9.17) is 4.74 Å². The van der Waals surface area contributed by atoms with E-state index in [9.17, 15) is 14.7 Å². The van der Waals surface area contributed by atoms with Crippen LogP contribution in [0.4, 0.5) is 17.1 Å². The number of rotatable bonds is 6. The van der Waals surface area contributed by atoms with Gasteiger partial charge in [0.2, 0.25) is 0 Å². The monoisotopic (exact) mass is 375 g/mol. The van der Waals surface area contributed by atoms with Gasteiger partial charge in [0.05, 0.1) is 35.3 Å². The van der Waals surface area contributed by atoms with Gasteiger partial charge in [-0.05, 0) is 36.4 Å². The number of methoxy groups -OCH3 is 1. The summed E-state index contributed by atoms with van der Waals surface area (Å²) in [5.41, 5.74) is 1.64. The minimum Gasteiger partial charge on any atom is -0.494 e. The van der Waals surface area contributed by atoms with Crippen LogP contribution in [0.5, 0.6) is 5.75 Å². The normalized spacial score (nSPS) is 10.6. The number of ether oxygens (including phenoxy) is 1. The maximum absolute atomic E-state index is 12.5. The summed E-state index contributed by atoms with van der Waals surface area (Å²) in [5, 5.41) is 20.2. The lowest BCUT2D eigenvalue weighted by Gasteiger charge is -2.11. The lowest BCUT2D eigenvalue weighted by molar-refractivity contribution is 0.0692. The van der Waals surface area contributed by atoms with Gasteiger partial charge in [-0.1, -0.05) is 30.3 Å². The van der Waals surface area contributed by atoms with Crippen molar-refractivity contribution in [2.75, 3.05) is 12.4 Å². The topological polar surface area (TPSA) is 100 Å². The van der Waals surface area contributed by atoms with Gasteiger partial charge >= 0.3 is 5.97 Å². The molecule has 7 heteroatoms. The summed E-state index contributed by atoms with van der Waals surface area (Å²) >= 11 is 0. The van der Waals surface area contributed by atoms with E-state index in [1.54, 1.807) is 30.3 Å². The Bertz CT molecular complexity index is 1030. The molecule has 3 aromatic carbocycles. The zero-order valence-corrected chi connectivity index (χ0v) is 15.0. The number of carboxylic acids is 1. The van der Waals surface area contributed by atoms with Crippen molar-refractivity contribution in [3.63, 3.8) is 0 Å². The Labute approximate surface area is 161 Å². The van der Waals surface area contributed by atoms with Crippen molar-refractivity contribution in [3.8, 4) is 5.75 Å². The zero-order chi connectivity index (χ0) is 19.9. The van der Waals surface area contributed by atoms with Gasteiger partial charge in [-0.2, -0.15) is 10.2 Å². The summed E-state index contributed by atoms with van der Waals surface area (Å²) in [7, 11) is 1.47. The quantitative estimate of drug-likeness (QED) is 0.588. The van der Waals surface area contributed by atoms with Crippen molar-refractivity contribution < 1.29 is 19.4 Å². The second-order valence-corrected chi connectivity index (χ2v) is 5.72. The Hall–Kier alpha value is -4.00. The summed E-state index contributed by atoms with van der Waals surface area (Å²) in [6.45, 7) is 0. The lowest BCUT2D eigenvalue weighted by atomic mass is 10.1. The Morgan fingerprint density at radius 2 is 1.50 bits per heavy atom. The first-order valence-electron chi connectivity index (χ1n) is 8.37. The molecule has 0 saturated heterocycles. The number of carboxylic acid groups (broad SMARTS) is 1. The number of carbonyl (C=O) groups is 2. The number of aromatic carboxylic acids is 1. The van der Waals surface area contributed by atoms with Gasteiger partial charge in [-0.3, -0.25) is 4.79 Å². The molecule has 7 nitrogen and oxygen atoms in total. The van der Waals surface area contributed by atoms with Crippen LogP contribution in [0.2, 0.25) is 0 Å².